The Kier molecular flexibility index (Phi) is 6.93. The van der Waals surface area contributed by atoms with Crippen molar-refractivity contribution in [3.05, 3.63) is 75.2 Å². The minimum Gasteiger partial charge on any atom is -0.467 e. The number of hydrogen-bond acceptors (Lipinski definition) is 10. The number of ether oxygens (including phenoxy) is 3. The molecule has 1 amide bonds. The Balaban J connectivity index is 1.55. The van der Waals surface area contributed by atoms with Crippen molar-refractivity contribution in [3.63, 3.8) is 0 Å². The van der Waals surface area contributed by atoms with Gasteiger partial charge in [0.1, 0.15) is 17.4 Å². The molecule has 0 aliphatic carbocycles. The maximum absolute atomic E-state index is 12.2. The van der Waals surface area contributed by atoms with Gasteiger partial charge in [0.25, 0.3) is 11.9 Å². The Bertz CT molecular complexity index is 1390. The van der Waals surface area contributed by atoms with Crippen LogP contribution >= 0.6 is 0 Å². The Labute approximate surface area is 205 Å². The molecule has 3 heterocycles. The topological polar surface area (TPSA) is 153 Å². The van der Waals surface area contributed by atoms with E-state index in [4.69, 9.17) is 18.6 Å². The lowest BCUT2D eigenvalue weighted by molar-refractivity contribution is -0.384. The maximum atomic E-state index is 12.2. The van der Waals surface area contributed by atoms with E-state index in [1.54, 1.807) is 43.3 Å². The number of nitro groups is 1. The number of hydrazone groups is 1. The lowest BCUT2D eigenvalue weighted by atomic mass is 10.1. The summed E-state index contributed by atoms with van der Waals surface area (Å²) in [6, 6.07) is 13.1. The van der Waals surface area contributed by atoms with E-state index >= 15 is 0 Å². The first-order chi connectivity index (χ1) is 17.3. The van der Waals surface area contributed by atoms with E-state index in [0.717, 1.165) is 5.01 Å². The van der Waals surface area contributed by atoms with Gasteiger partial charge in [-0.3, -0.25) is 14.9 Å². The lowest BCUT2D eigenvalue weighted by Gasteiger charge is -2.16. The van der Waals surface area contributed by atoms with Gasteiger partial charge in [-0.25, -0.2) is 4.98 Å². The van der Waals surface area contributed by atoms with Crippen molar-refractivity contribution in [1.82, 2.24) is 9.99 Å². The highest BCUT2D eigenvalue weighted by Crippen LogP contribution is 2.36. The predicted molar refractivity (Wildman–Crippen MR) is 124 cm³/mol. The minimum atomic E-state index is -1.04. The van der Waals surface area contributed by atoms with Crippen LogP contribution in [0.2, 0.25) is 0 Å². The first kappa shape index (κ1) is 24.4. The summed E-state index contributed by atoms with van der Waals surface area (Å²) in [5, 5.41) is 26.2. The number of nitriles is 1. The molecule has 0 fully saturated rings. The fraction of sp³-hybridized carbons (Fsp3) is 0.250. The number of nitrogens with zero attached hydrogens (tertiary/aromatic N) is 5. The Morgan fingerprint density at radius 2 is 2.06 bits per heavy atom. The molecule has 0 radical (unpaired) electrons. The molecule has 1 aliphatic rings. The number of para-hydroxylation sites is 1. The number of hydrogen-bond donors (Lipinski definition) is 0. The van der Waals surface area contributed by atoms with Crippen LogP contribution in [0.5, 0.6) is 5.88 Å². The van der Waals surface area contributed by atoms with Crippen molar-refractivity contribution < 1.29 is 28.3 Å². The molecule has 0 saturated carbocycles. The van der Waals surface area contributed by atoms with Crippen molar-refractivity contribution in [1.29, 1.82) is 5.26 Å². The number of methoxy groups -OCH3 is 1. The molecule has 0 N–H and O–H groups in total. The zero-order valence-electron chi connectivity index (χ0n) is 19.6. The molecule has 36 heavy (non-hydrogen) atoms. The van der Waals surface area contributed by atoms with Gasteiger partial charge in [-0.05, 0) is 31.2 Å². The molecule has 1 unspecified atom stereocenters. The average Bonchev–Trinajstić information content (AvgIpc) is 3.50. The van der Waals surface area contributed by atoms with Crippen LogP contribution in [0.3, 0.4) is 0 Å². The highest BCUT2D eigenvalue weighted by molar-refractivity contribution is 5.83. The molecular formula is C24H21N5O7. The van der Waals surface area contributed by atoms with Crippen LogP contribution in [0.15, 0.2) is 52.0 Å². The predicted octanol–water partition coefficient (Wildman–Crippen LogP) is 3.85. The number of carbonyl (C=O) groups excluding carboxylic acids is 1. The molecule has 184 valence electrons. The second-order valence-electron chi connectivity index (χ2n) is 7.74. The van der Waals surface area contributed by atoms with Crippen molar-refractivity contribution >= 4 is 17.5 Å². The van der Waals surface area contributed by atoms with E-state index < -0.39 is 17.1 Å². The number of carbonyl (C=O) groups is 1. The SMILES string of the molecule is COCc1cc(C)nc(OCC2=NN(C(C)=O)C(c3ccc(-c4ccccc4[N+](=O)[O-])o3)O2)c1C#N. The van der Waals surface area contributed by atoms with Crippen molar-refractivity contribution in [2.75, 3.05) is 13.7 Å². The average molecular weight is 491 g/mol. The highest BCUT2D eigenvalue weighted by Gasteiger charge is 2.35. The van der Waals surface area contributed by atoms with Crippen LogP contribution in [0.4, 0.5) is 5.69 Å². The molecule has 0 saturated heterocycles. The normalized spacial score (nSPS) is 14.7. The smallest absolute Gasteiger partial charge is 0.280 e. The van der Waals surface area contributed by atoms with Crippen molar-refractivity contribution in [2.45, 2.75) is 26.7 Å². The molecule has 3 aromatic rings. The van der Waals surface area contributed by atoms with Gasteiger partial charge in [-0.1, -0.05) is 12.1 Å². The third-order valence-electron chi connectivity index (χ3n) is 5.19. The number of aromatic nitrogens is 1. The molecule has 0 bridgehead atoms. The fourth-order valence-electron chi connectivity index (χ4n) is 3.66. The zero-order chi connectivity index (χ0) is 25.8. The largest absolute Gasteiger partial charge is 0.467 e. The van der Waals surface area contributed by atoms with E-state index in [0.29, 0.717) is 11.3 Å². The standard InChI is InChI=1S/C24H21N5O7/c1-14-10-16(12-33-3)18(11-25)23(26-14)34-13-22-27-28(15(2)30)24(36-22)21-9-8-20(35-21)17-6-4-5-7-19(17)29(31)32/h4-10,24H,12-13H2,1-3H3. The lowest BCUT2D eigenvalue weighted by Crippen LogP contribution is -2.25. The Morgan fingerprint density at radius 1 is 1.28 bits per heavy atom. The van der Waals surface area contributed by atoms with Crippen LogP contribution < -0.4 is 4.74 Å². The maximum Gasteiger partial charge on any atom is 0.280 e. The molecular weight excluding hydrogens is 470 g/mol. The van der Waals surface area contributed by atoms with E-state index in [-0.39, 0.29) is 53.3 Å². The van der Waals surface area contributed by atoms with Gasteiger partial charge < -0.3 is 18.6 Å². The van der Waals surface area contributed by atoms with Crippen molar-refractivity contribution in [2.24, 2.45) is 5.10 Å². The van der Waals surface area contributed by atoms with Crippen LogP contribution in [0.25, 0.3) is 11.3 Å². The molecule has 1 aliphatic heterocycles. The number of pyridine rings is 1. The van der Waals surface area contributed by atoms with Crippen molar-refractivity contribution in [3.8, 4) is 23.3 Å². The number of benzene rings is 1. The van der Waals surface area contributed by atoms with E-state index in [1.807, 2.05) is 0 Å². The molecule has 12 nitrogen and oxygen atoms in total. The van der Waals surface area contributed by atoms with Gasteiger partial charge in [0.15, 0.2) is 12.4 Å². The number of rotatable bonds is 8. The monoisotopic (exact) mass is 491 g/mol. The second-order valence-corrected chi connectivity index (χ2v) is 7.74. The summed E-state index contributed by atoms with van der Waals surface area (Å²) in [5.41, 5.74) is 1.64. The number of amides is 1. The highest BCUT2D eigenvalue weighted by atomic mass is 16.6. The molecule has 12 heteroatoms. The van der Waals surface area contributed by atoms with Gasteiger partial charge in [-0.15, -0.1) is 5.10 Å². The first-order valence-corrected chi connectivity index (χ1v) is 10.7. The summed E-state index contributed by atoms with van der Waals surface area (Å²) in [5.74, 6) is 0.172. The third-order valence-corrected chi connectivity index (χ3v) is 5.19. The van der Waals surface area contributed by atoms with Crippen LogP contribution in [-0.4, -0.2) is 40.4 Å². The Hall–Kier alpha value is -4.76. The molecule has 2 aromatic heterocycles. The summed E-state index contributed by atoms with van der Waals surface area (Å²) in [7, 11) is 1.52. The van der Waals surface area contributed by atoms with Gasteiger partial charge >= 0.3 is 0 Å². The summed E-state index contributed by atoms with van der Waals surface area (Å²) in [6.45, 7) is 3.06. The second kappa shape index (κ2) is 10.2. The van der Waals surface area contributed by atoms with E-state index in [2.05, 4.69) is 16.2 Å². The zero-order valence-corrected chi connectivity index (χ0v) is 19.6. The molecule has 0 spiro atoms. The molecule has 1 aromatic carbocycles. The van der Waals surface area contributed by atoms with Gasteiger partial charge in [0, 0.05) is 31.4 Å². The van der Waals surface area contributed by atoms with Crippen LogP contribution in [0.1, 0.15) is 35.7 Å². The minimum absolute atomic E-state index is 0.0549. The quantitative estimate of drug-likeness (QED) is 0.338. The summed E-state index contributed by atoms with van der Waals surface area (Å²) < 4.78 is 22.5. The van der Waals surface area contributed by atoms with Crippen LogP contribution in [0, 0.1) is 28.4 Å². The molecule has 4 rings (SSSR count). The summed E-state index contributed by atoms with van der Waals surface area (Å²) in [6.07, 6.45) is -1.04. The van der Waals surface area contributed by atoms with E-state index in [1.165, 1.54) is 20.1 Å². The summed E-state index contributed by atoms with van der Waals surface area (Å²) >= 11 is 0. The number of nitro benzene ring substituents is 1. The first-order valence-electron chi connectivity index (χ1n) is 10.7. The van der Waals surface area contributed by atoms with Gasteiger partial charge in [0.2, 0.25) is 17.7 Å². The number of furan rings is 1. The number of aryl methyl sites for hydroxylation is 1. The molecule has 1 atom stereocenters. The Morgan fingerprint density at radius 3 is 2.75 bits per heavy atom. The van der Waals surface area contributed by atoms with Gasteiger partial charge in [-0.2, -0.15) is 10.3 Å². The van der Waals surface area contributed by atoms with Gasteiger partial charge in [0.05, 0.1) is 17.1 Å². The summed E-state index contributed by atoms with van der Waals surface area (Å²) in [4.78, 5) is 27.4. The third kappa shape index (κ3) is 4.86. The van der Waals surface area contributed by atoms with Crippen LogP contribution in [-0.2, 0) is 20.9 Å². The van der Waals surface area contributed by atoms with E-state index in [9.17, 15) is 20.2 Å². The fourth-order valence-corrected chi connectivity index (χ4v) is 3.66.